The summed E-state index contributed by atoms with van der Waals surface area (Å²) >= 11 is 12.0. The Hall–Kier alpha value is -2.06. The van der Waals surface area contributed by atoms with Crippen LogP contribution in [0.25, 0.3) is 11.3 Å². The van der Waals surface area contributed by atoms with Crippen LogP contribution in [0.5, 0.6) is 0 Å². The number of halogens is 5. The van der Waals surface area contributed by atoms with Gasteiger partial charge in [-0.3, -0.25) is 9.48 Å². The Morgan fingerprint density at radius 1 is 1.23 bits per heavy atom. The van der Waals surface area contributed by atoms with Gasteiger partial charge in [-0.15, -0.1) is 0 Å². The molecule has 2 aromatic rings. The molecule has 140 valence electrons. The Labute approximate surface area is 156 Å². The van der Waals surface area contributed by atoms with Crippen LogP contribution in [0.2, 0.25) is 10.0 Å². The molecular formula is C16H13Cl2F3N2O3. The lowest BCUT2D eigenvalue weighted by Crippen LogP contribution is -2.22. The normalized spacial score (nSPS) is 11.5. The monoisotopic (exact) mass is 408 g/mol. The summed E-state index contributed by atoms with van der Waals surface area (Å²) in [7, 11) is 1.05. The molecule has 1 aromatic carbocycles. The zero-order chi connectivity index (χ0) is 19.6. The molecule has 0 aliphatic rings. The van der Waals surface area contributed by atoms with Crippen molar-refractivity contribution in [2.24, 2.45) is 7.05 Å². The second-order valence-electron chi connectivity index (χ2n) is 5.31. The molecule has 0 N–H and O–H groups in total. The van der Waals surface area contributed by atoms with Crippen molar-refractivity contribution in [2.45, 2.75) is 19.5 Å². The molecule has 10 heteroatoms. The van der Waals surface area contributed by atoms with E-state index in [-0.39, 0.29) is 33.5 Å². The molecule has 0 unspecified atom stereocenters. The third-order valence-corrected chi connectivity index (χ3v) is 3.98. The first-order valence-electron chi connectivity index (χ1n) is 7.38. The van der Waals surface area contributed by atoms with Crippen LogP contribution in [0.3, 0.4) is 0 Å². The first-order chi connectivity index (χ1) is 12.1. The summed E-state index contributed by atoms with van der Waals surface area (Å²) in [6.07, 6.45) is -4.15. The predicted octanol–water partition coefficient (Wildman–Crippen LogP) is 4.34. The molecule has 26 heavy (non-hydrogen) atoms. The summed E-state index contributed by atoms with van der Waals surface area (Å²) in [6, 6.07) is 2.81. The van der Waals surface area contributed by atoms with E-state index in [2.05, 4.69) is 5.10 Å². The zero-order valence-corrected chi connectivity index (χ0v) is 15.2. The minimum atomic E-state index is -4.74. The lowest BCUT2D eigenvalue weighted by atomic mass is 10.1. The highest BCUT2D eigenvalue weighted by Crippen LogP contribution is 2.32. The van der Waals surface area contributed by atoms with Crippen LogP contribution in [0.15, 0.2) is 23.0 Å². The predicted molar refractivity (Wildman–Crippen MR) is 90.5 cm³/mol. The highest BCUT2D eigenvalue weighted by Gasteiger charge is 2.34. The van der Waals surface area contributed by atoms with Crippen LogP contribution >= 0.6 is 23.2 Å². The van der Waals surface area contributed by atoms with Crippen molar-refractivity contribution in [3.63, 3.8) is 0 Å². The number of benzene rings is 1. The SMILES string of the molecule is CCCOC(=O)c1cc(-c2nn(C)c(C(F)(F)F)cc2=O)c(Cl)cc1Cl. The smallest absolute Gasteiger partial charge is 0.433 e. The minimum absolute atomic E-state index is 0.0106. The summed E-state index contributed by atoms with van der Waals surface area (Å²) in [5.74, 6) is -0.737. The summed E-state index contributed by atoms with van der Waals surface area (Å²) in [5.41, 5.74) is -2.63. The number of ether oxygens (including phenoxy) is 1. The maximum absolute atomic E-state index is 12.9. The number of aryl methyl sites for hydroxylation is 1. The maximum atomic E-state index is 12.9. The quantitative estimate of drug-likeness (QED) is 0.705. The van der Waals surface area contributed by atoms with Gasteiger partial charge in [-0.2, -0.15) is 18.3 Å². The number of carbonyl (C=O) groups is 1. The fourth-order valence-electron chi connectivity index (χ4n) is 2.15. The van der Waals surface area contributed by atoms with Crippen molar-refractivity contribution in [3.8, 4) is 11.3 Å². The van der Waals surface area contributed by atoms with E-state index >= 15 is 0 Å². The van der Waals surface area contributed by atoms with Crippen LogP contribution < -0.4 is 5.43 Å². The number of hydrogen-bond acceptors (Lipinski definition) is 4. The van der Waals surface area contributed by atoms with E-state index in [1.807, 2.05) is 0 Å². The van der Waals surface area contributed by atoms with E-state index < -0.39 is 23.3 Å². The van der Waals surface area contributed by atoms with Gasteiger partial charge in [0.15, 0.2) is 0 Å². The van der Waals surface area contributed by atoms with Crippen molar-refractivity contribution in [1.29, 1.82) is 0 Å². The van der Waals surface area contributed by atoms with Gasteiger partial charge in [-0.05, 0) is 18.6 Å². The molecule has 0 atom stereocenters. The highest BCUT2D eigenvalue weighted by molar-refractivity contribution is 6.38. The Balaban J connectivity index is 2.61. The Morgan fingerprint density at radius 3 is 2.46 bits per heavy atom. The standard InChI is InChI=1S/C16H13Cl2F3N2O3/c1-3-4-26-15(25)9-5-8(10(17)6-11(9)18)14-12(24)7-13(16(19,20)21)23(2)22-14/h5-7H,3-4H2,1-2H3. The molecule has 1 heterocycles. The molecule has 0 aliphatic carbocycles. The molecule has 0 radical (unpaired) electrons. The van der Waals surface area contributed by atoms with Crippen molar-refractivity contribution in [3.05, 3.63) is 49.7 Å². The average molecular weight is 409 g/mol. The Bertz CT molecular complexity index is 911. The number of hydrogen-bond donors (Lipinski definition) is 0. The molecule has 0 amide bonds. The Kier molecular flexibility index (Phi) is 5.98. The maximum Gasteiger partial charge on any atom is 0.433 e. The van der Waals surface area contributed by atoms with Gasteiger partial charge in [0.2, 0.25) is 5.43 Å². The van der Waals surface area contributed by atoms with Crippen LogP contribution in [0.1, 0.15) is 29.4 Å². The van der Waals surface area contributed by atoms with Crippen molar-refractivity contribution in [1.82, 2.24) is 9.78 Å². The van der Waals surface area contributed by atoms with Crippen molar-refractivity contribution >= 4 is 29.2 Å². The number of rotatable bonds is 4. The number of nitrogens with zero attached hydrogens (tertiary/aromatic N) is 2. The molecule has 0 aliphatic heterocycles. The Morgan fingerprint density at radius 2 is 1.88 bits per heavy atom. The van der Waals surface area contributed by atoms with Gasteiger partial charge in [0.25, 0.3) is 0 Å². The van der Waals surface area contributed by atoms with E-state index in [1.165, 1.54) is 12.1 Å². The summed E-state index contributed by atoms with van der Waals surface area (Å²) < 4.78 is 44.1. The second kappa shape index (κ2) is 7.67. The van der Waals surface area contributed by atoms with Crippen molar-refractivity contribution in [2.75, 3.05) is 6.61 Å². The molecule has 0 fully saturated rings. The number of alkyl halides is 3. The van der Waals surface area contributed by atoms with E-state index in [4.69, 9.17) is 27.9 Å². The molecule has 2 rings (SSSR count). The van der Waals surface area contributed by atoms with Gasteiger partial charge in [-0.25, -0.2) is 4.79 Å². The van der Waals surface area contributed by atoms with Crippen LogP contribution in [0.4, 0.5) is 13.2 Å². The topological polar surface area (TPSA) is 61.2 Å². The number of aromatic nitrogens is 2. The zero-order valence-electron chi connectivity index (χ0n) is 13.7. The molecule has 0 saturated carbocycles. The first-order valence-corrected chi connectivity index (χ1v) is 8.14. The molecule has 0 saturated heterocycles. The van der Waals surface area contributed by atoms with Crippen LogP contribution in [0, 0.1) is 0 Å². The molecule has 0 bridgehead atoms. The van der Waals surface area contributed by atoms with Gasteiger partial charge in [-0.1, -0.05) is 30.1 Å². The van der Waals surface area contributed by atoms with E-state index in [9.17, 15) is 22.8 Å². The molecule has 0 spiro atoms. The van der Waals surface area contributed by atoms with Gasteiger partial charge in [0.05, 0.1) is 22.2 Å². The van der Waals surface area contributed by atoms with E-state index in [0.717, 1.165) is 7.05 Å². The van der Waals surface area contributed by atoms with Crippen LogP contribution in [-0.4, -0.2) is 22.4 Å². The van der Waals surface area contributed by atoms with Gasteiger partial charge in [0, 0.05) is 18.7 Å². The lowest BCUT2D eigenvalue weighted by Gasteiger charge is -2.13. The lowest BCUT2D eigenvalue weighted by molar-refractivity contribution is -0.144. The van der Waals surface area contributed by atoms with Crippen LogP contribution in [-0.2, 0) is 18.0 Å². The molecule has 5 nitrogen and oxygen atoms in total. The van der Waals surface area contributed by atoms with Gasteiger partial charge < -0.3 is 4.74 Å². The third kappa shape index (κ3) is 4.19. The summed E-state index contributed by atoms with van der Waals surface area (Å²) in [6.45, 7) is 1.96. The van der Waals surface area contributed by atoms with E-state index in [1.54, 1.807) is 6.92 Å². The van der Waals surface area contributed by atoms with E-state index in [0.29, 0.717) is 17.2 Å². The first kappa shape index (κ1) is 20.3. The summed E-state index contributed by atoms with van der Waals surface area (Å²) in [5, 5.41) is 3.62. The molecular weight excluding hydrogens is 396 g/mol. The number of carbonyl (C=O) groups excluding carboxylic acids is 1. The highest BCUT2D eigenvalue weighted by atomic mass is 35.5. The largest absolute Gasteiger partial charge is 0.462 e. The second-order valence-corrected chi connectivity index (χ2v) is 6.13. The van der Waals surface area contributed by atoms with Crippen molar-refractivity contribution < 1.29 is 22.7 Å². The summed E-state index contributed by atoms with van der Waals surface area (Å²) in [4.78, 5) is 24.2. The minimum Gasteiger partial charge on any atom is -0.462 e. The fraction of sp³-hybridized carbons (Fsp3) is 0.312. The number of esters is 1. The van der Waals surface area contributed by atoms with Gasteiger partial charge >= 0.3 is 12.1 Å². The molecule has 1 aromatic heterocycles. The average Bonchev–Trinajstić information content (AvgIpc) is 2.53. The third-order valence-electron chi connectivity index (χ3n) is 3.36. The fourth-order valence-corrected chi connectivity index (χ4v) is 2.70. The van der Waals surface area contributed by atoms with Gasteiger partial charge in [0.1, 0.15) is 11.4 Å².